The molecule has 152 valence electrons. The molecule has 0 saturated carbocycles. The maximum absolute atomic E-state index is 10.5. The molecular weight excluding hydrogens is 360 g/mol. The Hall–Kier alpha value is -1.70. The summed E-state index contributed by atoms with van der Waals surface area (Å²) < 4.78 is 28.5. The highest BCUT2D eigenvalue weighted by molar-refractivity contribution is 5.62. The van der Waals surface area contributed by atoms with Gasteiger partial charge in [-0.05, 0) is 0 Å². The first-order chi connectivity index (χ1) is 12.4. The van der Waals surface area contributed by atoms with E-state index in [2.05, 4.69) is 9.47 Å². The fraction of sp³-hybridized carbons (Fsp3) is 0.857. The van der Waals surface area contributed by atoms with Crippen LogP contribution in [0.15, 0.2) is 0 Å². The van der Waals surface area contributed by atoms with Gasteiger partial charge in [-0.25, -0.2) is 9.59 Å². The van der Waals surface area contributed by atoms with Crippen LogP contribution in [-0.2, 0) is 28.4 Å². The molecule has 2 heterocycles. The van der Waals surface area contributed by atoms with Gasteiger partial charge in [0.05, 0.1) is 39.6 Å². The van der Waals surface area contributed by atoms with E-state index in [0.717, 1.165) is 0 Å². The van der Waals surface area contributed by atoms with Crippen molar-refractivity contribution in [3.05, 3.63) is 0 Å². The summed E-state index contributed by atoms with van der Waals surface area (Å²) in [5, 5.41) is 34.1. The zero-order valence-electron chi connectivity index (χ0n) is 14.0. The van der Waals surface area contributed by atoms with Gasteiger partial charge in [-0.2, -0.15) is 0 Å². The second-order valence-corrected chi connectivity index (χ2v) is 5.35. The Bertz CT molecular complexity index is 381. The highest BCUT2D eigenvalue weighted by Crippen LogP contribution is 2.09. The van der Waals surface area contributed by atoms with E-state index in [1.165, 1.54) is 0 Å². The van der Waals surface area contributed by atoms with Crippen LogP contribution >= 0.6 is 0 Å². The molecule has 4 atom stereocenters. The van der Waals surface area contributed by atoms with Gasteiger partial charge in [-0.3, -0.25) is 0 Å². The number of hydrogen-bond donors (Lipinski definition) is 4. The zero-order chi connectivity index (χ0) is 19.4. The van der Waals surface area contributed by atoms with Gasteiger partial charge in [0.2, 0.25) is 0 Å². The molecule has 0 aromatic carbocycles. The Morgan fingerprint density at radius 2 is 1.27 bits per heavy atom. The van der Waals surface area contributed by atoms with Crippen molar-refractivity contribution in [2.75, 3.05) is 52.9 Å². The molecule has 0 aliphatic carbocycles. The minimum atomic E-state index is -0.916. The van der Waals surface area contributed by atoms with Gasteiger partial charge in [0.1, 0.15) is 25.4 Å². The lowest BCUT2D eigenvalue weighted by molar-refractivity contribution is -0.0364. The van der Waals surface area contributed by atoms with E-state index in [1.807, 2.05) is 0 Å². The van der Waals surface area contributed by atoms with E-state index in [1.54, 1.807) is 0 Å². The van der Waals surface area contributed by atoms with Crippen molar-refractivity contribution >= 4 is 12.3 Å². The number of hydrogen-bond acceptors (Lipinski definition) is 12. The Kier molecular flexibility index (Phi) is 10.8. The van der Waals surface area contributed by atoms with E-state index >= 15 is 0 Å². The van der Waals surface area contributed by atoms with Gasteiger partial charge in [0.25, 0.3) is 0 Å². The summed E-state index contributed by atoms with van der Waals surface area (Å²) in [6, 6.07) is 0. The molecule has 2 aliphatic heterocycles. The number of ether oxygens (including phenoxy) is 6. The third kappa shape index (κ3) is 9.70. The largest absolute Gasteiger partial charge is 0.508 e. The van der Waals surface area contributed by atoms with Gasteiger partial charge in [-0.1, -0.05) is 0 Å². The average Bonchev–Trinajstić information content (AvgIpc) is 3.23. The van der Waals surface area contributed by atoms with Gasteiger partial charge in [-0.15, -0.1) is 0 Å². The summed E-state index contributed by atoms with van der Waals surface area (Å²) in [5.74, 6) is 0. The molecule has 0 bridgehead atoms. The topological polar surface area (TPSA) is 170 Å². The Morgan fingerprint density at radius 1 is 0.846 bits per heavy atom. The number of aliphatic hydroxyl groups is 4. The fourth-order valence-corrected chi connectivity index (χ4v) is 1.67. The molecule has 12 heteroatoms. The average molecular weight is 384 g/mol. The molecular formula is C14H24O12. The number of aliphatic hydroxyl groups excluding tert-OH is 4. The minimum Gasteiger partial charge on any atom is -0.430 e. The molecule has 0 amide bonds. The number of carbonyl (C=O) groups excluding carboxylic acids is 2. The molecule has 2 rings (SSSR count). The first-order valence-electron chi connectivity index (χ1n) is 7.84. The van der Waals surface area contributed by atoms with Gasteiger partial charge >= 0.3 is 12.3 Å². The second kappa shape index (κ2) is 12.6. The lowest BCUT2D eigenvalue weighted by Gasteiger charge is -2.10. The van der Waals surface area contributed by atoms with Crippen LogP contribution in [0, 0.1) is 0 Å². The number of carbonyl (C=O) groups is 2. The molecule has 2 saturated heterocycles. The molecule has 26 heavy (non-hydrogen) atoms. The standard InChI is InChI=1S/C8H10O7.C6H14O5/c9-7-12-3-5(14-7)1-11-2-6-4-13-8(10)15-6;7-1-5(9)3-11-4-6(10)2-8/h5-6H,1-4H2;5-10H,1-4H2. The molecule has 4 N–H and O–H groups in total. The van der Waals surface area contributed by atoms with E-state index in [9.17, 15) is 9.59 Å². The maximum Gasteiger partial charge on any atom is 0.508 e. The quantitative estimate of drug-likeness (QED) is 0.300. The highest BCUT2D eigenvalue weighted by Gasteiger charge is 2.28. The van der Waals surface area contributed by atoms with Crippen LogP contribution in [0.3, 0.4) is 0 Å². The zero-order valence-corrected chi connectivity index (χ0v) is 14.0. The monoisotopic (exact) mass is 384 g/mol. The fourth-order valence-electron chi connectivity index (χ4n) is 1.67. The lowest BCUT2D eigenvalue weighted by atomic mass is 10.4. The Morgan fingerprint density at radius 3 is 1.58 bits per heavy atom. The lowest BCUT2D eigenvalue weighted by Crippen LogP contribution is -2.25. The molecule has 0 aromatic rings. The summed E-state index contributed by atoms with van der Waals surface area (Å²) in [6.07, 6.45) is -3.95. The van der Waals surface area contributed by atoms with Crippen LogP contribution in [0.2, 0.25) is 0 Å². The molecule has 2 aliphatic rings. The molecule has 0 radical (unpaired) electrons. The molecule has 4 unspecified atom stereocenters. The van der Waals surface area contributed by atoms with Gasteiger partial charge < -0.3 is 48.8 Å². The predicted octanol–water partition coefficient (Wildman–Crippen LogP) is -2.22. The maximum atomic E-state index is 10.5. The summed E-state index contributed by atoms with van der Waals surface area (Å²) in [7, 11) is 0. The van der Waals surface area contributed by atoms with E-state index in [0.29, 0.717) is 0 Å². The third-order valence-corrected chi connectivity index (χ3v) is 2.95. The van der Waals surface area contributed by atoms with Crippen molar-refractivity contribution in [1.82, 2.24) is 0 Å². The van der Waals surface area contributed by atoms with E-state index in [-0.39, 0.29) is 65.1 Å². The summed E-state index contributed by atoms with van der Waals surface area (Å²) in [6.45, 7) is 0.0325. The van der Waals surface area contributed by atoms with Crippen LogP contribution in [0.25, 0.3) is 0 Å². The minimum absolute atomic E-state index is 0.0342. The third-order valence-electron chi connectivity index (χ3n) is 2.95. The van der Waals surface area contributed by atoms with Crippen molar-refractivity contribution in [3.63, 3.8) is 0 Å². The Balaban J connectivity index is 0.000000276. The summed E-state index contributed by atoms with van der Waals surface area (Å²) >= 11 is 0. The van der Waals surface area contributed by atoms with Crippen LogP contribution in [-0.4, -0.2) is 110 Å². The van der Waals surface area contributed by atoms with Crippen molar-refractivity contribution in [3.8, 4) is 0 Å². The second-order valence-electron chi connectivity index (χ2n) is 5.35. The predicted molar refractivity (Wildman–Crippen MR) is 80.3 cm³/mol. The van der Waals surface area contributed by atoms with Crippen LogP contribution in [0.1, 0.15) is 0 Å². The van der Waals surface area contributed by atoms with Crippen LogP contribution < -0.4 is 0 Å². The van der Waals surface area contributed by atoms with Crippen molar-refractivity contribution in [1.29, 1.82) is 0 Å². The molecule has 2 fully saturated rings. The highest BCUT2D eigenvalue weighted by atomic mass is 16.8. The van der Waals surface area contributed by atoms with Gasteiger partial charge in [0, 0.05) is 0 Å². The molecule has 12 nitrogen and oxygen atoms in total. The van der Waals surface area contributed by atoms with Crippen LogP contribution in [0.5, 0.6) is 0 Å². The van der Waals surface area contributed by atoms with Crippen LogP contribution in [0.4, 0.5) is 9.59 Å². The summed E-state index contributed by atoms with van der Waals surface area (Å²) in [4.78, 5) is 21.1. The molecule has 0 aromatic heterocycles. The normalized spacial score (nSPS) is 23.8. The smallest absolute Gasteiger partial charge is 0.430 e. The first-order valence-corrected chi connectivity index (χ1v) is 7.84. The summed E-state index contributed by atoms with van der Waals surface area (Å²) in [5.41, 5.74) is 0. The van der Waals surface area contributed by atoms with Crippen molar-refractivity contribution in [2.24, 2.45) is 0 Å². The van der Waals surface area contributed by atoms with E-state index < -0.39 is 24.5 Å². The Labute approximate surface area is 149 Å². The van der Waals surface area contributed by atoms with Crippen molar-refractivity contribution < 1.29 is 58.4 Å². The number of cyclic esters (lactones) is 4. The SMILES string of the molecule is O=C1OCC(COCC2COC(=O)O2)O1.OCC(O)COCC(O)CO. The molecule has 0 spiro atoms. The number of rotatable bonds is 10. The van der Waals surface area contributed by atoms with Crippen molar-refractivity contribution in [2.45, 2.75) is 24.4 Å². The van der Waals surface area contributed by atoms with Gasteiger partial charge in [0.15, 0.2) is 12.2 Å². The van der Waals surface area contributed by atoms with E-state index in [4.69, 9.17) is 39.4 Å². The first kappa shape index (κ1) is 22.3.